The Labute approximate surface area is 98.4 Å². The molecular formula is C12H12FN3O. The molecule has 5 heteroatoms. The van der Waals surface area contributed by atoms with E-state index in [-0.39, 0.29) is 23.1 Å². The van der Waals surface area contributed by atoms with Crippen molar-refractivity contribution in [3.05, 3.63) is 29.6 Å². The summed E-state index contributed by atoms with van der Waals surface area (Å²) in [5.74, 6) is -0.869. The van der Waals surface area contributed by atoms with E-state index in [1.807, 2.05) is 6.07 Å². The smallest absolute Gasteiger partial charge is 0.228 e. The van der Waals surface area contributed by atoms with Gasteiger partial charge in [-0.25, -0.2) is 4.39 Å². The van der Waals surface area contributed by atoms with Crippen molar-refractivity contribution in [3.8, 4) is 6.07 Å². The Hall–Kier alpha value is -1.93. The number of anilines is 1. The average Bonchev–Trinajstić information content (AvgIpc) is 2.85. The minimum atomic E-state index is -0.580. The molecule has 0 saturated carbocycles. The van der Waals surface area contributed by atoms with E-state index in [0.29, 0.717) is 6.54 Å². The lowest BCUT2D eigenvalue weighted by atomic mass is 10.1. The predicted molar refractivity (Wildman–Crippen MR) is 60.7 cm³/mol. The van der Waals surface area contributed by atoms with Gasteiger partial charge in [0.15, 0.2) is 0 Å². The molecule has 1 heterocycles. The highest BCUT2D eigenvalue weighted by molar-refractivity contribution is 5.93. The molecular weight excluding hydrogens is 221 g/mol. The Morgan fingerprint density at radius 2 is 2.41 bits per heavy atom. The van der Waals surface area contributed by atoms with Crippen molar-refractivity contribution in [2.24, 2.45) is 5.92 Å². The van der Waals surface area contributed by atoms with Gasteiger partial charge in [-0.3, -0.25) is 4.79 Å². The summed E-state index contributed by atoms with van der Waals surface area (Å²) in [5, 5.41) is 14.2. The molecule has 17 heavy (non-hydrogen) atoms. The van der Waals surface area contributed by atoms with Gasteiger partial charge in [0, 0.05) is 6.54 Å². The zero-order chi connectivity index (χ0) is 12.3. The van der Waals surface area contributed by atoms with E-state index < -0.39 is 5.82 Å². The van der Waals surface area contributed by atoms with Gasteiger partial charge < -0.3 is 10.6 Å². The second-order valence-corrected chi connectivity index (χ2v) is 3.99. The highest BCUT2D eigenvalue weighted by Gasteiger charge is 2.22. The van der Waals surface area contributed by atoms with Crippen molar-refractivity contribution in [1.29, 1.82) is 5.26 Å². The zero-order valence-corrected chi connectivity index (χ0v) is 9.16. The fourth-order valence-corrected chi connectivity index (χ4v) is 1.80. The molecule has 1 aliphatic heterocycles. The molecule has 1 saturated heterocycles. The Kier molecular flexibility index (Phi) is 3.35. The number of benzene rings is 1. The van der Waals surface area contributed by atoms with Gasteiger partial charge in [-0.1, -0.05) is 0 Å². The third-order valence-electron chi connectivity index (χ3n) is 2.79. The molecule has 0 radical (unpaired) electrons. The fraction of sp³-hybridized carbons (Fsp3) is 0.333. The lowest BCUT2D eigenvalue weighted by molar-refractivity contribution is -0.119. The van der Waals surface area contributed by atoms with Crippen molar-refractivity contribution in [2.75, 3.05) is 18.4 Å². The maximum Gasteiger partial charge on any atom is 0.228 e. The molecule has 0 spiro atoms. The molecule has 0 aliphatic carbocycles. The third kappa shape index (κ3) is 2.60. The average molecular weight is 233 g/mol. The van der Waals surface area contributed by atoms with Crippen LogP contribution in [0.25, 0.3) is 0 Å². The van der Waals surface area contributed by atoms with E-state index in [9.17, 15) is 9.18 Å². The van der Waals surface area contributed by atoms with Crippen LogP contribution in [0.5, 0.6) is 0 Å². The Balaban J connectivity index is 2.08. The maximum absolute atomic E-state index is 13.5. The lowest BCUT2D eigenvalue weighted by Crippen LogP contribution is -2.25. The summed E-state index contributed by atoms with van der Waals surface area (Å²) in [6.07, 6.45) is 0.768. The number of hydrogen-bond acceptors (Lipinski definition) is 3. The molecule has 1 fully saturated rings. The molecule has 1 aromatic carbocycles. The minimum Gasteiger partial charge on any atom is -0.323 e. The molecule has 1 atom stereocenters. The standard InChI is InChI=1S/C12H12FN3O/c13-10-5-8(6-14)1-2-11(10)16-12(17)9-3-4-15-7-9/h1-2,5,9,15H,3-4,7H2,(H,16,17). The number of amides is 1. The molecule has 1 amide bonds. The Morgan fingerprint density at radius 1 is 1.59 bits per heavy atom. The zero-order valence-electron chi connectivity index (χ0n) is 9.16. The van der Waals surface area contributed by atoms with Crippen LogP contribution in [0.15, 0.2) is 18.2 Å². The molecule has 2 N–H and O–H groups in total. The van der Waals surface area contributed by atoms with Gasteiger partial charge in [-0.2, -0.15) is 5.26 Å². The van der Waals surface area contributed by atoms with Gasteiger partial charge in [0.25, 0.3) is 0 Å². The first kappa shape index (κ1) is 11.6. The van der Waals surface area contributed by atoms with Crippen molar-refractivity contribution in [1.82, 2.24) is 5.32 Å². The van der Waals surface area contributed by atoms with Crippen LogP contribution >= 0.6 is 0 Å². The summed E-state index contributed by atoms with van der Waals surface area (Å²) in [5.41, 5.74) is 0.365. The highest BCUT2D eigenvalue weighted by atomic mass is 19.1. The van der Waals surface area contributed by atoms with Crippen LogP contribution in [0.2, 0.25) is 0 Å². The van der Waals surface area contributed by atoms with Crippen molar-refractivity contribution in [2.45, 2.75) is 6.42 Å². The van der Waals surface area contributed by atoms with Gasteiger partial charge in [0.2, 0.25) is 5.91 Å². The van der Waals surface area contributed by atoms with E-state index >= 15 is 0 Å². The van der Waals surface area contributed by atoms with E-state index in [2.05, 4.69) is 10.6 Å². The van der Waals surface area contributed by atoms with Crippen LogP contribution in [0.4, 0.5) is 10.1 Å². The highest BCUT2D eigenvalue weighted by Crippen LogP contribution is 2.17. The quantitative estimate of drug-likeness (QED) is 0.807. The lowest BCUT2D eigenvalue weighted by Gasteiger charge is -2.10. The molecule has 1 aliphatic rings. The van der Waals surface area contributed by atoms with Crippen LogP contribution in [0.3, 0.4) is 0 Å². The molecule has 4 nitrogen and oxygen atoms in total. The second kappa shape index (κ2) is 4.93. The number of hydrogen-bond donors (Lipinski definition) is 2. The number of carbonyl (C=O) groups is 1. The van der Waals surface area contributed by atoms with Gasteiger partial charge in [-0.05, 0) is 31.2 Å². The Morgan fingerprint density at radius 3 is 3.00 bits per heavy atom. The molecule has 0 aromatic heterocycles. The van der Waals surface area contributed by atoms with Crippen molar-refractivity contribution in [3.63, 3.8) is 0 Å². The van der Waals surface area contributed by atoms with Gasteiger partial charge in [0.1, 0.15) is 5.82 Å². The number of nitriles is 1. The van der Waals surface area contributed by atoms with E-state index in [0.717, 1.165) is 19.0 Å². The van der Waals surface area contributed by atoms with Crippen molar-refractivity contribution < 1.29 is 9.18 Å². The van der Waals surface area contributed by atoms with Crippen LogP contribution in [-0.2, 0) is 4.79 Å². The van der Waals surface area contributed by atoms with E-state index in [1.165, 1.54) is 12.1 Å². The number of halogens is 1. The Bertz CT molecular complexity index is 475. The SMILES string of the molecule is N#Cc1ccc(NC(=O)C2CCNC2)c(F)c1. The maximum atomic E-state index is 13.5. The number of nitrogens with zero attached hydrogens (tertiary/aromatic N) is 1. The fourth-order valence-electron chi connectivity index (χ4n) is 1.80. The molecule has 1 aromatic rings. The van der Waals surface area contributed by atoms with Crippen molar-refractivity contribution >= 4 is 11.6 Å². The topological polar surface area (TPSA) is 64.9 Å². The first-order chi connectivity index (χ1) is 8.20. The largest absolute Gasteiger partial charge is 0.323 e. The number of nitrogens with one attached hydrogen (secondary N) is 2. The van der Waals surface area contributed by atoms with Gasteiger partial charge in [0.05, 0.1) is 23.2 Å². The summed E-state index contributed by atoms with van der Waals surface area (Å²) >= 11 is 0. The number of carbonyl (C=O) groups excluding carboxylic acids is 1. The van der Waals surface area contributed by atoms with Gasteiger partial charge in [-0.15, -0.1) is 0 Å². The first-order valence-corrected chi connectivity index (χ1v) is 5.42. The van der Waals surface area contributed by atoms with Crippen LogP contribution < -0.4 is 10.6 Å². The van der Waals surface area contributed by atoms with E-state index in [1.54, 1.807) is 0 Å². The second-order valence-electron chi connectivity index (χ2n) is 3.99. The number of rotatable bonds is 2. The van der Waals surface area contributed by atoms with Gasteiger partial charge >= 0.3 is 0 Å². The summed E-state index contributed by atoms with van der Waals surface area (Å²) in [4.78, 5) is 11.7. The summed E-state index contributed by atoms with van der Waals surface area (Å²) in [6, 6.07) is 5.84. The van der Waals surface area contributed by atoms with Crippen LogP contribution in [0, 0.1) is 23.1 Å². The summed E-state index contributed by atoms with van der Waals surface area (Å²) < 4.78 is 13.5. The summed E-state index contributed by atoms with van der Waals surface area (Å²) in [7, 11) is 0. The predicted octanol–water partition coefficient (Wildman–Crippen LogP) is 1.25. The monoisotopic (exact) mass is 233 g/mol. The van der Waals surface area contributed by atoms with E-state index in [4.69, 9.17) is 5.26 Å². The molecule has 2 rings (SSSR count). The van der Waals surface area contributed by atoms with Crippen LogP contribution in [-0.4, -0.2) is 19.0 Å². The molecule has 88 valence electrons. The molecule has 0 bridgehead atoms. The molecule has 1 unspecified atom stereocenters. The third-order valence-corrected chi connectivity index (χ3v) is 2.79. The first-order valence-electron chi connectivity index (χ1n) is 5.42. The minimum absolute atomic E-state index is 0.106. The summed E-state index contributed by atoms with van der Waals surface area (Å²) in [6.45, 7) is 1.44. The normalized spacial score (nSPS) is 18.7. The van der Waals surface area contributed by atoms with Crippen LogP contribution in [0.1, 0.15) is 12.0 Å².